The van der Waals surface area contributed by atoms with Crippen molar-refractivity contribution in [2.45, 2.75) is 52.6 Å². The fraction of sp³-hybridized carbons (Fsp3) is 0.727. The Labute approximate surface area is 86.3 Å². The highest BCUT2D eigenvalue weighted by Crippen LogP contribution is 2.22. The van der Waals surface area contributed by atoms with Crippen molar-refractivity contribution in [1.29, 1.82) is 0 Å². The van der Waals surface area contributed by atoms with Crippen molar-refractivity contribution in [3.05, 3.63) is 17.7 Å². The first kappa shape index (κ1) is 11.2. The maximum absolute atomic E-state index is 5.86. The lowest BCUT2D eigenvalue weighted by atomic mass is 9.93. The normalized spacial score (nSPS) is 14.4. The lowest BCUT2D eigenvalue weighted by Crippen LogP contribution is -2.13. The van der Waals surface area contributed by atoms with E-state index in [0.717, 1.165) is 18.1 Å². The molecule has 0 radical (unpaired) electrons. The van der Waals surface area contributed by atoms with Gasteiger partial charge in [-0.1, -0.05) is 20.8 Å². The molecule has 0 saturated carbocycles. The average Bonchev–Trinajstić information content (AvgIpc) is 2.45. The van der Waals surface area contributed by atoms with E-state index in [-0.39, 0.29) is 11.5 Å². The number of nitrogens with zero attached hydrogens (tertiary/aromatic N) is 2. The summed E-state index contributed by atoms with van der Waals surface area (Å²) in [4.78, 5) is 4.59. The maximum atomic E-state index is 5.86. The van der Waals surface area contributed by atoms with E-state index in [0.29, 0.717) is 0 Å². The van der Waals surface area contributed by atoms with E-state index >= 15 is 0 Å². The van der Waals surface area contributed by atoms with Gasteiger partial charge in [0.25, 0.3) is 0 Å². The molecule has 0 aliphatic carbocycles. The zero-order valence-electron chi connectivity index (χ0n) is 9.83. The summed E-state index contributed by atoms with van der Waals surface area (Å²) >= 11 is 0. The average molecular weight is 195 g/mol. The highest BCUT2D eigenvalue weighted by atomic mass is 15.1. The molecule has 14 heavy (non-hydrogen) atoms. The van der Waals surface area contributed by atoms with Gasteiger partial charge in [-0.2, -0.15) is 0 Å². The Bertz CT molecular complexity index is 305. The van der Waals surface area contributed by atoms with E-state index in [1.807, 2.05) is 6.92 Å². The molecule has 0 fully saturated rings. The Morgan fingerprint density at radius 1 is 1.50 bits per heavy atom. The Morgan fingerprint density at radius 3 is 2.36 bits per heavy atom. The van der Waals surface area contributed by atoms with Crippen LogP contribution in [-0.2, 0) is 12.0 Å². The second kappa shape index (κ2) is 3.73. The summed E-state index contributed by atoms with van der Waals surface area (Å²) in [6.07, 6.45) is 2.11. The standard InChI is InChI=1S/C11H21N3/c1-6-14-7-9(11(3,4)5)13-10(14)8(2)12/h7-8H,6,12H2,1-5H3. The molecule has 1 atom stereocenters. The summed E-state index contributed by atoms with van der Waals surface area (Å²) in [5.74, 6) is 0.984. The van der Waals surface area contributed by atoms with Gasteiger partial charge < -0.3 is 10.3 Å². The largest absolute Gasteiger partial charge is 0.334 e. The Morgan fingerprint density at radius 2 is 2.07 bits per heavy atom. The van der Waals surface area contributed by atoms with E-state index in [9.17, 15) is 0 Å². The van der Waals surface area contributed by atoms with Crippen molar-refractivity contribution in [2.75, 3.05) is 0 Å². The molecule has 0 aliphatic rings. The Hall–Kier alpha value is -0.830. The summed E-state index contributed by atoms with van der Waals surface area (Å²) in [5.41, 5.74) is 7.08. The third kappa shape index (κ3) is 2.15. The molecule has 0 amide bonds. The summed E-state index contributed by atoms with van der Waals surface area (Å²) < 4.78 is 2.13. The molecule has 0 saturated heterocycles. The Balaban J connectivity index is 3.13. The molecule has 1 aromatic rings. The van der Waals surface area contributed by atoms with Gasteiger partial charge in [0.1, 0.15) is 5.82 Å². The molecule has 1 unspecified atom stereocenters. The van der Waals surface area contributed by atoms with Crippen LogP contribution in [0.2, 0.25) is 0 Å². The van der Waals surface area contributed by atoms with Crippen molar-refractivity contribution in [3.63, 3.8) is 0 Å². The van der Waals surface area contributed by atoms with Gasteiger partial charge in [-0.15, -0.1) is 0 Å². The van der Waals surface area contributed by atoms with Crippen LogP contribution in [0.25, 0.3) is 0 Å². The van der Waals surface area contributed by atoms with Gasteiger partial charge in [-0.05, 0) is 13.8 Å². The number of aryl methyl sites for hydroxylation is 1. The fourth-order valence-electron chi connectivity index (χ4n) is 1.41. The monoisotopic (exact) mass is 195 g/mol. The third-order valence-electron chi connectivity index (χ3n) is 2.32. The lowest BCUT2D eigenvalue weighted by molar-refractivity contribution is 0.569. The van der Waals surface area contributed by atoms with Crippen LogP contribution >= 0.6 is 0 Å². The minimum atomic E-state index is 0.00560. The number of hydrogen-bond donors (Lipinski definition) is 1. The summed E-state index contributed by atoms with van der Waals surface area (Å²) in [6, 6.07) is 0.00560. The molecule has 0 aromatic carbocycles. The van der Waals surface area contributed by atoms with Crippen LogP contribution in [0, 0.1) is 0 Å². The second-order valence-corrected chi connectivity index (χ2v) is 4.81. The molecule has 0 aliphatic heterocycles. The molecule has 0 spiro atoms. The summed E-state index contributed by atoms with van der Waals surface area (Å²) in [6.45, 7) is 11.5. The van der Waals surface area contributed by atoms with Gasteiger partial charge in [-0.25, -0.2) is 4.98 Å². The summed E-state index contributed by atoms with van der Waals surface area (Å²) in [7, 11) is 0. The minimum Gasteiger partial charge on any atom is -0.334 e. The first-order chi connectivity index (χ1) is 6.36. The smallest absolute Gasteiger partial charge is 0.125 e. The van der Waals surface area contributed by atoms with Crippen molar-refractivity contribution >= 4 is 0 Å². The fourth-order valence-corrected chi connectivity index (χ4v) is 1.41. The Kier molecular flexibility index (Phi) is 3.00. The van der Waals surface area contributed by atoms with Crippen molar-refractivity contribution < 1.29 is 0 Å². The molecular formula is C11H21N3. The number of rotatable bonds is 2. The number of aromatic nitrogens is 2. The quantitative estimate of drug-likeness (QED) is 0.786. The van der Waals surface area contributed by atoms with Gasteiger partial charge in [-0.3, -0.25) is 0 Å². The molecule has 1 aromatic heterocycles. The lowest BCUT2D eigenvalue weighted by Gasteiger charge is -2.14. The van der Waals surface area contributed by atoms with Gasteiger partial charge in [0.15, 0.2) is 0 Å². The molecule has 3 nitrogen and oxygen atoms in total. The second-order valence-electron chi connectivity index (χ2n) is 4.81. The predicted octanol–water partition coefficient (Wildman–Crippen LogP) is 2.22. The van der Waals surface area contributed by atoms with Gasteiger partial charge in [0.05, 0.1) is 11.7 Å². The van der Waals surface area contributed by atoms with Crippen LogP contribution < -0.4 is 5.73 Å². The highest BCUT2D eigenvalue weighted by molar-refractivity contribution is 5.14. The van der Waals surface area contributed by atoms with Crippen molar-refractivity contribution in [3.8, 4) is 0 Å². The van der Waals surface area contributed by atoms with Crippen LogP contribution in [0.3, 0.4) is 0 Å². The third-order valence-corrected chi connectivity index (χ3v) is 2.32. The van der Waals surface area contributed by atoms with Crippen LogP contribution in [0.4, 0.5) is 0 Å². The SMILES string of the molecule is CCn1cc(C(C)(C)C)nc1C(C)N. The van der Waals surface area contributed by atoms with Gasteiger partial charge in [0.2, 0.25) is 0 Å². The highest BCUT2D eigenvalue weighted by Gasteiger charge is 2.20. The van der Waals surface area contributed by atoms with Crippen molar-refractivity contribution in [2.24, 2.45) is 5.73 Å². The predicted molar refractivity (Wildman–Crippen MR) is 59.2 cm³/mol. The topological polar surface area (TPSA) is 43.8 Å². The number of nitrogens with two attached hydrogens (primary N) is 1. The zero-order chi connectivity index (χ0) is 10.9. The maximum Gasteiger partial charge on any atom is 0.125 e. The number of hydrogen-bond acceptors (Lipinski definition) is 2. The van der Waals surface area contributed by atoms with Crippen LogP contribution in [0.1, 0.15) is 52.2 Å². The molecule has 2 N–H and O–H groups in total. The van der Waals surface area contributed by atoms with Crippen LogP contribution in [0.15, 0.2) is 6.20 Å². The molecule has 3 heteroatoms. The van der Waals surface area contributed by atoms with E-state index < -0.39 is 0 Å². The molecule has 0 bridgehead atoms. The van der Waals surface area contributed by atoms with Crippen molar-refractivity contribution in [1.82, 2.24) is 9.55 Å². The van der Waals surface area contributed by atoms with Gasteiger partial charge in [0, 0.05) is 18.2 Å². The molecule has 1 rings (SSSR count). The molecular weight excluding hydrogens is 174 g/mol. The molecule has 1 heterocycles. The van der Waals surface area contributed by atoms with E-state index in [1.165, 1.54) is 0 Å². The van der Waals surface area contributed by atoms with E-state index in [2.05, 4.69) is 43.4 Å². The zero-order valence-corrected chi connectivity index (χ0v) is 9.83. The van der Waals surface area contributed by atoms with E-state index in [1.54, 1.807) is 0 Å². The van der Waals surface area contributed by atoms with Crippen LogP contribution in [-0.4, -0.2) is 9.55 Å². The summed E-state index contributed by atoms with van der Waals surface area (Å²) in [5, 5.41) is 0. The van der Waals surface area contributed by atoms with Crippen LogP contribution in [0.5, 0.6) is 0 Å². The minimum absolute atomic E-state index is 0.00560. The number of imidazole rings is 1. The van der Waals surface area contributed by atoms with Gasteiger partial charge >= 0.3 is 0 Å². The first-order valence-electron chi connectivity index (χ1n) is 5.19. The molecule has 80 valence electrons. The first-order valence-corrected chi connectivity index (χ1v) is 5.19. The van der Waals surface area contributed by atoms with E-state index in [4.69, 9.17) is 5.73 Å².